The van der Waals surface area contributed by atoms with E-state index in [0.717, 1.165) is 24.3 Å². The largest absolute Gasteiger partial charge is 0.378 e. The van der Waals surface area contributed by atoms with Crippen molar-refractivity contribution in [3.05, 3.63) is 65.0 Å². The number of anilines is 3. The summed E-state index contributed by atoms with van der Waals surface area (Å²) in [5.74, 6) is 0.107. The highest BCUT2D eigenvalue weighted by atomic mass is 32.1. The summed E-state index contributed by atoms with van der Waals surface area (Å²) in [5.41, 5.74) is 0.716. The van der Waals surface area contributed by atoms with Gasteiger partial charge in [0.1, 0.15) is 11.6 Å². The average molecular weight is 427 g/mol. The van der Waals surface area contributed by atoms with Crippen LogP contribution in [0, 0.1) is 5.82 Å². The summed E-state index contributed by atoms with van der Waals surface area (Å²) in [7, 11) is 0. The second kappa shape index (κ2) is 9.64. The predicted octanol–water partition coefficient (Wildman–Crippen LogP) is 3.51. The molecular formula is C21H23FN6OS. The molecule has 7 nitrogen and oxygen atoms in total. The van der Waals surface area contributed by atoms with E-state index in [0.29, 0.717) is 35.6 Å². The molecule has 1 aromatic carbocycles. The Hall–Kier alpha value is -3.04. The van der Waals surface area contributed by atoms with Crippen LogP contribution < -0.4 is 21.3 Å². The predicted molar refractivity (Wildman–Crippen MR) is 117 cm³/mol. The van der Waals surface area contributed by atoms with Gasteiger partial charge < -0.3 is 21.3 Å². The van der Waals surface area contributed by atoms with E-state index in [9.17, 15) is 9.18 Å². The van der Waals surface area contributed by atoms with Crippen LogP contribution in [0.5, 0.6) is 0 Å². The number of hydrogen-bond donors (Lipinski definition) is 4. The smallest absolute Gasteiger partial charge is 0.251 e. The van der Waals surface area contributed by atoms with Crippen LogP contribution in [0.15, 0.2) is 48.8 Å². The highest BCUT2D eigenvalue weighted by Gasteiger charge is 2.16. The molecule has 1 saturated heterocycles. The Morgan fingerprint density at radius 3 is 3.00 bits per heavy atom. The third-order valence-electron chi connectivity index (χ3n) is 4.81. The molecule has 3 aromatic rings. The fourth-order valence-electron chi connectivity index (χ4n) is 3.23. The molecule has 4 N–H and O–H groups in total. The van der Waals surface area contributed by atoms with E-state index in [1.165, 1.54) is 23.5 Å². The molecule has 1 atom stereocenters. The Morgan fingerprint density at radius 2 is 2.20 bits per heavy atom. The molecule has 0 aliphatic carbocycles. The molecule has 3 heterocycles. The van der Waals surface area contributed by atoms with Crippen molar-refractivity contribution in [2.75, 3.05) is 23.7 Å². The number of halogens is 1. The standard InChI is InChI=1S/C21H23FN6OS/c22-17-7-6-14(20(29)26-11-15-4-3-9-23-15)10-18(17)25-12-16-13-27-21(30-16)28-19-5-1-2-8-24-19/h1-2,5-8,10,13,15,23,25H,3-4,9,11-12H2,(H,26,29)(H,24,27,28). The molecule has 9 heteroatoms. The summed E-state index contributed by atoms with van der Waals surface area (Å²) in [6, 6.07) is 10.3. The van der Waals surface area contributed by atoms with Gasteiger partial charge in [-0.2, -0.15) is 0 Å². The van der Waals surface area contributed by atoms with Crippen molar-refractivity contribution >= 4 is 33.9 Å². The Balaban J connectivity index is 1.34. The molecule has 0 radical (unpaired) electrons. The van der Waals surface area contributed by atoms with Gasteiger partial charge in [-0.15, -0.1) is 0 Å². The third kappa shape index (κ3) is 5.31. The quantitative estimate of drug-likeness (QED) is 0.441. The van der Waals surface area contributed by atoms with Crippen molar-refractivity contribution in [1.82, 2.24) is 20.6 Å². The first kappa shape index (κ1) is 20.2. The molecular weight excluding hydrogens is 403 g/mol. The molecule has 0 spiro atoms. The van der Waals surface area contributed by atoms with E-state index in [1.807, 2.05) is 18.2 Å². The average Bonchev–Trinajstić information content (AvgIpc) is 3.44. The maximum absolute atomic E-state index is 14.2. The molecule has 156 valence electrons. The zero-order valence-corrected chi connectivity index (χ0v) is 17.1. The Kier molecular flexibility index (Phi) is 6.50. The molecule has 0 bridgehead atoms. The first-order valence-electron chi connectivity index (χ1n) is 9.85. The van der Waals surface area contributed by atoms with E-state index in [4.69, 9.17) is 0 Å². The number of aromatic nitrogens is 2. The van der Waals surface area contributed by atoms with Gasteiger partial charge in [0.05, 0.1) is 12.2 Å². The van der Waals surface area contributed by atoms with Crippen molar-refractivity contribution in [3.8, 4) is 0 Å². The summed E-state index contributed by atoms with van der Waals surface area (Å²) in [5, 5.41) is 13.2. The number of amides is 1. The van der Waals surface area contributed by atoms with E-state index < -0.39 is 5.82 Å². The Morgan fingerprint density at radius 1 is 1.27 bits per heavy atom. The molecule has 0 saturated carbocycles. The van der Waals surface area contributed by atoms with E-state index in [-0.39, 0.29) is 11.6 Å². The van der Waals surface area contributed by atoms with Gasteiger partial charge >= 0.3 is 0 Å². The van der Waals surface area contributed by atoms with Gasteiger partial charge in [0, 0.05) is 35.4 Å². The van der Waals surface area contributed by atoms with E-state index in [1.54, 1.807) is 18.5 Å². The van der Waals surface area contributed by atoms with Gasteiger partial charge in [0.2, 0.25) is 0 Å². The van der Waals surface area contributed by atoms with Gasteiger partial charge in [-0.05, 0) is 49.7 Å². The van der Waals surface area contributed by atoms with Crippen LogP contribution >= 0.6 is 11.3 Å². The van der Waals surface area contributed by atoms with Crippen molar-refractivity contribution in [1.29, 1.82) is 0 Å². The molecule has 1 fully saturated rings. The number of hydrogen-bond acceptors (Lipinski definition) is 7. The lowest BCUT2D eigenvalue weighted by Crippen LogP contribution is -2.37. The van der Waals surface area contributed by atoms with Crippen LogP contribution in [0.1, 0.15) is 28.1 Å². The second-order valence-electron chi connectivity index (χ2n) is 7.02. The van der Waals surface area contributed by atoms with Crippen molar-refractivity contribution in [2.24, 2.45) is 0 Å². The highest BCUT2D eigenvalue weighted by Crippen LogP contribution is 2.23. The number of pyridine rings is 1. The van der Waals surface area contributed by atoms with Crippen LogP contribution in [-0.4, -0.2) is 35.0 Å². The topological polar surface area (TPSA) is 91.0 Å². The van der Waals surface area contributed by atoms with E-state index >= 15 is 0 Å². The number of rotatable bonds is 8. The first-order chi connectivity index (χ1) is 14.7. The normalized spacial score (nSPS) is 15.7. The monoisotopic (exact) mass is 426 g/mol. The maximum Gasteiger partial charge on any atom is 0.251 e. The number of thiazole rings is 1. The second-order valence-corrected chi connectivity index (χ2v) is 8.14. The summed E-state index contributed by atoms with van der Waals surface area (Å²) < 4.78 is 14.2. The zero-order valence-electron chi connectivity index (χ0n) is 16.3. The minimum Gasteiger partial charge on any atom is -0.378 e. The van der Waals surface area contributed by atoms with Gasteiger partial charge in [-0.3, -0.25) is 4.79 Å². The van der Waals surface area contributed by atoms with Crippen LogP contribution in [0.3, 0.4) is 0 Å². The van der Waals surface area contributed by atoms with Crippen LogP contribution in [0.25, 0.3) is 0 Å². The van der Waals surface area contributed by atoms with Crippen LogP contribution in [-0.2, 0) is 6.54 Å². The number of nitrogens with zero attached hydrogens (tertiary/aromatic N) is 2. The molecule has 1 amide bonds. The SMILES string of the molecule is O=C(NCC1CCCN1)c1ccc(F)c(NCc2cnc(Nc3ccccn3)s2)c1. The van der Waals surface area contributed by atoms with Gasteiger partial charge in [-0.25, -0.2) is 14.4 Å². The highest BCUT2D eigenvalue weighted by molar-refractivity contribution is 7.15. The number of benzene rings is 1. The van der Waals surface area contributed by atoms with Gasteiger partial charge in [-0.1, -0.05) is 17.4 Å². The van der Waals surface area contributed by atoms with Crippen molar-refractivity contribution < 1.29 is 9.18 Å². The molecule has 2 aromatic heterocycles. The van der Waals surface area contributed by atoms with Gasteiger partial charge in [0.15, 0.2) is 5.13 Å². The molecule has 4 rings (SSSR count). The maximum atomic E-state index is 14.2. The summed E-state index contributed by atoms with van der Waals surface area (Å²) in [6.07, 6.45) is 5.62. The Labute approximate surface area is 178 Å². The Bertz CT molecular complexity index is 990. The minimum atomic E-state index is -0.402. The van der Waals surface area contributed by atoms with Crippen molar-refractivity contribution in [3.63, 3.8) is 0 Å². The number of carbonyl (C=O) groups is 1. The van der Waals surface area contributed by atoms with Gasteiger partial charge in [0.25, 0.3) is 5.91 Å². The molecule has 1 aliphatic rings. The molecule has 1 aliphatic heterocycles. The fraction of sp³-hybridized carbons (Fsp3) is 0.286. The fourth-order valence-corrected chi connectivity index (χ4v) is 3.99. The summed E-state index contributed by atoms with van der Waals surface area (Å²) in [6.45, 7) is 1.96. The molecule has 1 unspecified atom stereocenters. The lowest BCUT2D eigenvalue weighted by molar-refractivity contribution is 0.0950. The number of carbonyl (C=O) groups excluding carboxylic acids is 1. The number of nitrogens with one attached hydrogen (secondary N) is 4. The third-order valence-corrected chi connectivity index (χ3v) is 5.72. The lowest BCUT2D eigenvalue weighted by Gasteiger charge is -2.12. The van der Waals surface area contributed by atoms with Crippen molar-refractivity contribution in [2.45, 2.75) is 25.4 Å². The molecule has 30 heavy (non-hydrogen) atoms. The summed E-state index contributed by atoms with van der Waals surface area (Å²) >= 11 is 1.45. The minimum absolute atomic E-state index is 0.202. The summed E-state index contributed by atoms with van der Waals surface area (Å²) in [4.78, 5) is 21.9. The van der Waals surface area contributed by atoms with E-state index in [2.05, 4.69) is 31.2 Å². The first-order valence-corrected chi connectivity index (χ1v) is 10.7. The zero-order chi connectivity index (χ0) is 20.8. The lowest BCUT2D eigenvalue weighted by atomic mass is 10.1. The van der Waals surface area contributed by atoms with Crippen LogP contribution in [0.4, 0.5) is 21.0 Å². The van der Waals surface area contributed by atoms with Crippen LogP contribution in [0.2, 0.25) is 0 Å².